The molecule has 0 amide bonds. The van der Waals surface area contributed by atoms with Crippen molar-refractivity contribution < 1.29 is 8.42 Å². The van der Waals surface area contributed by atoms with E-state index < -0.39 is 9.84 Å². The van der Waals surface area contributed by atoms with E-state index in [1.807, 2.05) is 0 Å². The lowest BCUT2D eigenvalue weighted by Crippen LogP contribution is -2.27. The van der Waals surface area contributed by atoms with Gasteiger partial charge in [0, 0.05) is 5.25 Å². The number of nitrogens with two attached hydrogens (primary N) is 1. The van der Waals surface area contributed by atoms with E-state index in [1.54, 1.807) is 0 Å². The van der Waals surface area contributed by atoms with E-state index in [0.29, 0.717) is 5.17 Å². The molecule has 0 bridgehead atoms. The molecule has 2 atom stereocenters. The summed E-state index contributed by atoms with van der Waals surface area (Å²) in [6.45, 7) is 0. The second-order valence-corrected chi connectivity index (χ2v) is 6.26. The molecular formula is C5H9N3O2S2. The van der Waals surface area contributed by atoms with Crippen LogP contribution in [-0.4, -0.2) is 36.4 Å². The summed E-state index contributed by atoms with van der Waals surface area (Å²) in [5.41, 5.74) is 2.44. The number of nitrogens with zero attached hydrogens (tertiary/aromatic N) is 1. The zero-order chi connectivity index (χ0) is 8.77. The van der Waals surface area contributed by atoms with Gasteiger partial charge < -0.3 is 5.43 Å². The third-order valence-corrected chi connectivity index (χ3v) is 5.10. The van der Waals surface area contributed by atoms with Crippen LogP contribution in [0, 0.1) is 0 Å². The van der Waals surface area contributed by atoms with Gasteiger partial charge in [-0.1, -0.05) is 11.8 Å². The Morgan fingerprint density at radius 3 is 2.92 bits per heavy atom. The fourth-order valence-electron chi connectivity index (χ4n) is 1.43. The largest absolute Gasteiger partial charge is 0.303 e. The van der Waals surface area contributed by atoms with Crippen molar-refractivity contribution in [3.63, 3.8) is 0 Å². The number of rotatable bonds is 0. The highest BCUT2D eigenvalue weighted by Crippen LogP contribution is 2.32. The van der Waals surface area contributed by atoms with Gasteiger partial charge in [-0.2, -0.15) is 0 Å². The van der Waals surface area contributed by atoms with Gasteiger partial charge in [-0.15, -0.1) is 0 Å². The van der Waals surface area contributed by atoms with E-state index in [1.165, 1.54) is 11.8 Å². The van der Waals surface area contributed by atoms with E-state index in [0.717, 1.165) is 0 Å². The Bertz CT molecular complexity index is 324. The molecule has 0 saturated carbocycles. The number of hydrogen-bond donors (Lipinski definition) is 2. The van der Waals surface area contributed by atoms with Crippen molar-refractivity contribution in [1.82, 2.24) is 5.43 Å². The topological polar surface area (TPSA) is 84.5 Å². The molecule has 12 heavy (non-hydrogen) atoms. The van der Waals surface area contributed by atoms with Crippen molar-refractivity contribution in [3.05, 3.63) is 0 Å². The lowest BCUT2D eigenvalue weighted by atomic mass is 10.3. The van der Waals surface area contributed by atoms with Crippen LogP contribution in [0.4, 0.5) is 0 Å². The molecule has 0 aromatic heterocycles. The maximum Gasteiger partial charge on any atom is 0.171 e. The average Bonchev–Trinajstić information content (AvgIpc) is 2.40. The summed E-state index contributed by atoms with van der Waals surface area (Å²) in [6.07, 6.45) is 0. The molecule has 2 aliphatic heterocycles. The van der Waals surface area contributed by atoms with Crippen LogP contribution < -0.4 is 11.3 Å². The van der Waals surface area contributed by atoms with E-state index in [9.17, 15) is 8.42 Å². The van der Waals surface area contributed by atoms with Gasteiger partial charge in [-0.3, -0.25) is 4.99 Å². The standard InChI is InChI=1S/C5H9N3O2S2/c6-8-5-7-3-1-12(9,10)2-4(3)11-5/h3-4H,1-2,6H2,(H,7,8)/t3-,4-/m1/s1. The fourth-order valence-corrected chi connectivity index (χ4v) is 4.99. The molecule has 7 heteroatoms. The maximum atomic E-state index is 11.1. The lowest BCUT2D eigenvalue weighted by molar-refractivity contribution is 0.601. The number of nitrogens with one attached hydrogen (secondary N) is 1. The summed E-state index contributed by atoms with van der Waals surface area (Å²) in [6, 6.07) is -0.0777. The smallest absolute Gasteiger partial charge is 0.171 e. The highest BCUT2D eigenvalue weighted by atomic mass is 32.2. The summed E-state index contributed by atoms with van der Waals surface area (Å²) in [5, 5.41) is 0.737. The molecule has 2 heterocycles. The van der Waals surface area contributed by atoms with Crippen LogP contribution in [-0.2, 0) is 9.84 Å². The summed E-state index contributed by atoms with van der Waals surface area (Å²) in [4.78, 5) is 4.13. The molecule has 2 rings (SSSR count). The first-order valence-corrected chi connectivity index (χ1v) is 6.22. The Balaban J connectivity index is 2.18. The summed E-state index contributed by atoms with van der Waals surface area (Å²) in [7, 11) is -2.83. The zero-order valence-electron chi connectivity index (χ0n) is 6.23. The third kappa shape index (κ3) is 1.32. The maximum absolute atomic E-state index is 11.1. The van der Waals surface area contributed by atoms with Gasteiger partial charge in [0.15, 0.2) is 15.0 Å². The molecule has 2 aliphatic rings. The molecule has 0 aromatic rings. The SMILES string of the molecule is NNC1=N[C@@H]2CS(=O)(=O)C[C@H]2S1. The Morgan fingerprint density at radius 2 is 2.33 bits per heavy atom. The molecule has 68 valence electrons. The van der Waals surface area contributed by atoms with E-state index in [-0.39, 0.29) is 22.8 Å². The first-order valence-electron chi connectivity index (χ1n) is 3.52. The molecule has 0 aromatic carbocycles. The molecule has 0 radical (unpaired) electrons. The number of sulfone groups is 1. The fraction of sp³-hybridized carbons (Fsp3) is 0.800. The van der Waals surface area contributed by atoms with Gasteiger partial charge in [0.05, 0.1) is 17.5 Å². The lowest BCUT2D eigenvalue weighted by Gasteiger charge is -2.00. The molecule has 0 unspecified atom stereocenters. The van der Waals surface area contributed by atoms with Gasteiger partial charge in [-0.05, 0) is 0 Å². The Kier molecular flexibility index (Phi) is 1.81. The first-order chi connectivity index (χ1) is 5.61. The van der Waals surface area contributed by atoms with Crippen molar-refractivity contribution in [2.75, 3.05) is 11.5 Å². The predicted molar refractivity (Wildman–Crippen MR) is 48.6 cm³/mol. The van der Waals surface area contributed by atoms with Crippen molar-refractivity contribution >= 4 is 26.8 Å². The summed E-state index contributed by atoms with van der Waals surface area (Å²) < 4.78 is 22.2. The average molecular weight is 207 g/mol. The van der Waals surface area contributed by atoms with Crippen LogP contribution in [0.15, 0.2) is 4.99 Å². The first kappa shape index (κ1) is 8.33. The van der Waals surface area contributed by atoms with Gasteiger partial charge in [0.25, 0.3) is 0 Å². The van der Waals surface area contributed by atoms with Crippen molar-refractivity contribution in [3.8, 4) is 0 Å². The highest BCUT2D eigenvalue weighted by Gasteiger charge is 2.42. The van der Waals surface area contributed by atoms with Gasteiger partial charge >= 0.3 is 0 Å². The van der Waals surface area contributed by atoms with Crippen molar-refractivity contribution in [2.45, 2.75) is 11.3 Å². The minimum atomic E-state index is -2.83. The number of hydrogen-bond acceptors (Lipinski definition) is 6. The number of aliphatic imine (C=N–C) groups is 1. The summed E-state index contributed by atoms with van der Waals surface area (Å²) in [5.74, 6) is 5.56. The predicted octanol–water partition coefficient (Wildman–Crippen LogP) is -1.28. The van der Waals surface area contributed by atoms with E-state index >= 15 is 0 Å². The number of fused-ring (bicyclic) bond motifs is 1. The van der Waals surface area contributed by atoms with E-state index in [2.05, 4.69) is 10.4 Å². The molecule has 3 N–H and O–H groups in total. The summed E-state index contributed by atoms with van der Waals surface area (Å²) >= 11 is 1.42. The van der Waals surface area contributed by atoms with Gasteiger partial charge in [0.1, 0.15) is 0 Å². The normalized spacial score (nSPS) is 37.6. The van der Waals surface area contributed by atoms with Crippen LogP contribution in [0.25, 0.3) is 0 Å². The van der Waals surface area contributed by atoms with Crippen molar-refractivity contribution in [1.29, 1.82) is 0 Å². The van der Waals surface area contributed by atoms with Crippen LogP contribution in [0.1, 0.15) is 0 Å². The van der Waals surface area contributed by atoms with Gasteiger partial charge in [0.2, 0.25) is 0 Å². The third-order valence-electron chi connectivity index (χ3n) is 1.94. The molecule has 1 fully saturated rings. The monoisotopic (exact) mass is 207 g/mol. The number of hydrazine groups is 1. The van der Waals surface area contributed by atoms with Crippen LogP contribution in [0.5, 0.6) is 0 Å². The number of thioether (sulfide) groups is 1. The molecule has 0 aliphatic carbocycles. The Labute approximate surface area is 74.7 Å². The highest BCUT2D eigenvalue weighted by molar-refractivity contribution is 8.15. The van der Waals surface area contributed by atoms with Crippen molar-refractivity contribution in [2.24, 2.45) is 10.8 Å². The van der Waals surface area contributed by atoms with E-state index in [4.69, 9.17) is 5.84 Å². The minimum absolute atomic E-state index is 0.0777. The van der Waals surface area contributed by atoms with Gasteiger partial charge in [-0.25, -0.2) is 14.3 Å². The molecule has 1 saturated heterocycles. The molecule has 5 nitrogen and oxygen atoms in total. The van der Waals surface area contributed by atoms with Crippen LogP contribution in [0.3, 0.4) is 0 Å². The van der Waals surface area contributed by atoms with Crippen LogP contribution >= 0.6 is 11.8 Å². The number of amidine groups is 1. The Hall–Kier alpha value is -0.270. The zero-order valence-corrected chi connectivity index (χ0v) is 7.86. The minimum Gasteiger partial charge on any atom is -0.303 e. The second kappa shape index (κ2) is 2.61. The second-order valence-electron chi connectivity index (χ2n) is 2.88. The quantitative estimate of drug-likeness (QED) is 0.382. The Morgan fingerprint density at radius 1 is 1.58 bits per heavy atom. The molecular weight excluding hydrogens is 198 g/mol. The van der Waals surface area contributed by atoms with Crippen LogP contribution in [0.2, 0.25) is 0 Å². The molecule has 0 spiro atoms.